The van der Waals surface area contributed by atoms with Gasteiger partial charge in [-0.25, -0.2) is 4.98 Å². The standard InChI is InChI=1S/C24H30N2OS/c1-3-22(27)26(24-25-14-15(2)28-24)21-13-10-17-9-11-19-18-7-5-4-6-16(18)8-12-20(19)23(17)21/h9-10,13-14,16,18-20H,3-8,11-12H2,1-2H3. The molecular weight excluding hydrogens is 364 g/mol. The Hall–Kier alpha value is -1.68. The first-order valence-corrected chi connectivity index (χ1v) is 11.9. The number of carbonyl (C=O) groups excluding carboxylic acids is 1. The minimum absolute atomic E-state index is 0.149. The molecule has 1 aromatic rings. The summed E-state index contributed by atoms with van der Waals surface area (Å²) in [6.45, 7) is 4.01. The van der Waals surface area contributed by atoms with Crippen molar-refractivity contribution in [2.75, 3.05) is 4.90 Å². The highest BCUT2D eigenvalue weighted by Crippen LogP contribution is 2.55. The van der Waals surface area contributed by atoms with Crippen LogP contribution in [-0.4, -0.2) is 10.9 Å². The number of hydrogen-bond donors (Lipinski definition) is 0. The average Bonchev–Trinajstić information content (AvgIpc) is 3.34. The summed E-state index contributed by atoms with van der Waals surface area (Å²) >= 11 is 1.62. The minimum Gasteiger partial charge on any atom is -0.274 e. The van der Waals surface area contributed by atoms with Gasteiger partial charge in [-0.2, -0.15) is 0 Å². The maximum atomic E-state index is 13.0. The van der Waals surface area contributed by atoms with Crippen molar-refractivity contribution in [3.8, 4) is 0 Å². The van der Waals surface area contributed by atoms with Gasteiger partial charge in [0.1, 0.15) is 0 Å². The number of thiazole rings is 1. The van der Waals surface area contributed by atoms with Crippen molar-refractivity contribution in [2.24, 2.45) is 23.7 Å². The van der Waals surface area contributed by atoms with Crippen molar-refractivity contribution in [2.45, 2.75) is 65.2 Å². The first-order valence-electron chi connectivity index (χ1n) is 11.1. The first kappa shape index (κ1) is 18.4. The van der Waals surface area contributed by atoms with E-state index in [1.165, 1.54) is 56.1 Å². The molecular formula is C24H30N2OS. The Morgan fingerprint density at radius 2 is 2.04 bits per heavy atom. The SMILES string of the molecule is CCC(=O)N(C1=C2C(=CCC3C2CCC2CCCCC23)C=C1)c1ncc(C)s1. The van der Waals surface area contributed by atoms with Gasteiger partial charge in [0.05, 0.1) is 5.70 Å². The number of allylic oxidation sites excluding steroid dienone is 5. The first-order chi connectivity index (χ1) is 13.7. The number of aromatic nitrogens is 1. The summed E-state index contributed by atoms with van der Waals surface area (Å²) < 4.78 is 0. The van der Waals surface area contributed by atoms with Crippen LogP contribution in [0.4, 0.5) is 5.13 Å². The van der Waals surface area contributed by atoms with Gasteiger partial charge in [-0.15, -0.1) is 11.3 Å². The lowest BCUT2D eigenvalue weighted by atomic mass is 9.57. The number of rotatable bonds is 3. The molecule has 0 radical (unpaired) electrons. The molecule has 0 spiro atoms. The fourth-order valence-corrected chi connectivity index (χ4v) is 7.04. The van der Waals surface area contributed by atoms with E-state index in [9.17, 15) is 4.79 Å². The molecule has 1 amide bonds. The van der Waals surface area contributed by atoms with E-state index in [1.807, 2.05) is 18.0 Å². The van der Waals surface area contributed by atoms with Crippen LogP contribution in [0.5, 0.6) is 0 Å². The smallest absolute Gasteiger partial charge is 0.233 e. The van der Waals surface area contributed by atoms with Crippen LogP contribution >= 0.6 is 11.3 Å². The molecule has 0 aromatic carbocycles. The van der Waals surface area contributed by atoms with Gasteiger partial charge in [-0.3, -0.25) is 9.69 Å². The third-order valence-corrected chi connectivity index (χ3v) is 8.36. The van der Waals surface area contributed by atoms with Gasteiger partial charge in [-0.1, -0.05) is 38.3 Å². The summed E-state index contributed by atoms with van der Waals surface area (Å²) in [5.74, 6) is 3.36. The van der Waals surface area contributed by atoms with Gasteiger partial charge in [0.15, 0.2) is 5.13 Å². The molecule has 4 aliphatic carbocycles. The molecule has 1 aromatic heterocycles. The van der Waals surface area contributed by atoms with Crippen molar-refractivity contribution in [1.82, 2.24) is 4.98 Å². The van der Waals surface area contributed by atoms with Crippen molar-refractivity contribution >= 4 is 22.4 Å². The number of carbonyl (C=O) groups is 1. The van der Waals surface area contributed by atoms with E-state index >= 15 is 0 Å². The Kier molecular flexibility index (Phi) is 4.78. The van der Waals surface area contributed by atoms with Crippen LogP contribution in [0.1, 0.15) is 63.2 Å². The summed E-state index contributed by atoms with van der Waals surface area (Å²) in [6.07, 6.45) is 18.8. The van der Waals surface area contributed by atoms with Crippen molar-refractivity contribution in [3.05, 3.63) is 46.1 Å². The number of hydrogen-bond acceptors (Lipinski definition) is 3. The lowest BCUT2D eigenvalue weighted by Gasteiger charge is -2.48. The number of aryl methyl sites for hydroxylation is 1. The average molecular weight is 395 g/mol. The quantitative estimate of drug-likeness (QED) is 0.613. The zero-order valence-corrected chi connectivity index (χ0v) is 17.8. The second kappa shape index (κ2) is 7.29. The van der Waals surface area contributed by atoms with Gasteiger partial charge >= 0.3 is 0 Å². The predicted molar refractivity (Wildman–Crippen MR) is 115 cm³/mol. The topological polar surface area (TPSA) is 33.2 Å². The second-order valence-corrected chi connectivity index (χ2v) is 10.1. The molecule has 28 heavy (non-hydrogen) atoms. The van der Waals surface area contributed by atoms with Crippen LogP contribution in [0.25, 0.3) is 0 Å². The lowest BCUT2D eigenvalue weighted by molar-refractivity contribution is -0.117. The third kappa shape index (κ3) is 2.92. The van der Waals surface area contributed by atoms with Gasteiger partial charge in [0.2, 0.25) is 5.91 Å². The molecule has 3 nitrogen and oxygen atoms in total. The number of fused-ring (bicyclic) bond motifs is 5. The molecule has 4 atom stereocenters. The van der Waals surface area contributed by atoms with E-state index in [0.717, 1.165) is 33.5 Å². The fourth-order valence-electron chi connectivity index (χ4n) is 6.25. The zero-order valence-electron chi connectivity index (χ0n) is 17.0. The van der Waals surface area contributed by atoms with Crippen LogP contribution in [0.2, 0.25) is 0 Å². The van der Waals surface area contributed by atoms with Crippen LogP contribution in [0, 0.1) is 30.6 Å². The predicted octanol–water partition coefficient (Wildman–Crippen LogP) is 6.18. The van der Waals surface area contributed by atoms with Crippen LogP contribution in [-0.2, 0) is 4.79 Å². The van der Waals surface area contributed by atoms with Crippen LogP contribution in [0.3, 0.4) is 0 Å². The van der Waals surface area contributed by atoms with Crippen molar-refractivity contribution < 1.29 is 4.79 Å². The molecule has 0 aliphatic heterocycles. The molecule has 2 fully saturated rings. The molecule has 1 heterocycles. The highest BCUT2D eigenvalue weighted by molar-refractivity contribution is 7.15. The molecule has 2 saturated carbocycles. The van der Waals surface area contributed by atoms with Crippen LogP contribution in [0.15, 0.2) is 41.3 Å². The Labute approximate surface area is 172 Å². The lowest BCUT2D eigenvalue weighted by Crippen LogP contribution is -2.40. The van der Waals surface area contributed by atoms with E-state index in [0.29, 0.717) is 12.3 Å². The third-order valence-electron chi connectivity index (χ3n) is 7.46. The van der Waals surface area contributed by atoms with Crippen LogP contribution < -0.4 is 4.90 Å². The van der Waals surface area contributed by atoms with E-state index in [2.05, 4.69) is 30.1 Å². The Morgan fingerprint density at radius 1 is 1.18 bits per heavy atom. The molecule has 5 rings (SSSR count). The summed E-state index contributed by atoms with van der Waals surface area (Å²) in [6, 6.07) is 0. The van der Waals surface area contributed by atoms with Gasteiger partial charge in [0.25, 0.3) is 0 Å². The maximum absolute atomic E-state index is 13.0. The largest absolute Gasteiger partial charge is 0.274 e. The number of anilines is 1. The molecule has 0 bridgehead atoms. The normalized spacial score (nSPS) is 31.1. The van der Waals surface area contributed by atoms with Gasteiger partial charge in [0, 0.05) is 17.5 Å². The zero-order chi connectivity index (χ0) is 19.3. The van der Waals surface area contributed by atoms with E-state index in [1.54, 1.807) is 11.3 Å². The Bertz CT molecular complexity index is 877. The van der Waals surface area contributed by atoms with Gasteiger partial charge in [-0.05, 0) is 73.5 Å². The Morgan fingerprint density at radius 3 is 2.82 bits per heavy atom. The maximum Gasteiger partial charge on any atom is 0.233 e. The highest BCUT2D eigenvalue weighted by atomic mass is 32.1. The van der Waals surface area contributed by atoms with E-state index in [4.69, 9.17) is 0 Å². The number of nitrogens with zero attached hydrogens (tertiary/aromatic N) is 2. The molecule has 0 N–H and O–H groups in total. The fraction of sp³-hybridized carbons (Fsp3) is 0.583. The summed E-state index contributed by atoms with van der Waals surface area (Å²) in [5.41, 5.74) is 3.92. The second-order valence-electron chi connectivity index (χ2n) is 8.92. The van der Waals surface area contributed by atoms with E-state index < -0.39 is 0 Å². The minimum atomic E-state index is 0.149. The highest BCUT2D eigenvalue weighted by Gasteiger charge is 2.45. The van der Waals surface area contributed by atoms with Gasteiger partial charge < -0.3 is 0 Å². The van der Waals surface area contributed by atoms with Crippen molar-refractivity contribution in [1.29, 1.82) is 0 Å². The van der Waals surface area contributed by atoms with Crippen molar-refractivity contribution in [3.63, 3.8) is 0 Å². The molecule has 4 aliphatic rings. The summed E-state index contributed by atoms with van der Waals surface area (Å²) in [4.78, 5) is 20.6. The molecule has 148 valence electrons. The van der Waals surface area contributed by atoms with E-state index in [-0.39, 0.29) is 5.91 Å². The number of amides is 1. The molecule has 0 saturated heterocycles. The Balaban J connectivity index is 1.57. The monoisotopic (exact) mass is 394 g/mol. The molecule has 4 unspecified atom stereocenters. The molecule has 4 heteroatoms. The summed E-state index contributed by atoms with van der Waals surface area (Å²) in [5, 5.41) is 0.825. The summed E-state index contributed by atoms with van der Waals surface area (Å²) in [7, 11) is 0.